The Morgan fingerprint density at radius 2 is 1.68 bits per heavy atom. The van der Waals surface area contributed by atoms with E-state index in [0.29, 0.717) is 12.1 Å². The van der Waals surface area contributed by atoms with Crippen LogP contribution in [0.25, 0.3) is 4.72 Å². The van der Waals surface area contributed by atoms with Crippen molar-refractivity contribution in [1.82, 2.24) is 0 Å². The molecule has 0 aliphatic carbocycles. The SMILES string of the molecule is [NH3+]Cc1ccccc1S(=O)(=O)[N-]c1ccc(F)cc1. The first-order valence-electron chi connectivity index (χ1n) is 5.63. The second kappa shape index (κ2) is 5.38. The summed E-state index contributed by atoms with van der Waals surface area (Å²) >= 11 is 0. The van der Waals surface area contributed by atoms with Crippen molar-refractivity contribution in [3.05, 3.63) is 64.6 Å². The molecule has 0 saturated heterocycles. The summed E-state index contributed by atoms with van der Waals surface area (Å²) in [6.45, 7) is 0.355. The molecule has 19 heavy (non-hydrogen) atoms. The van der Waals surface area contributed by atoms with Crippen LogP contribution >= 0.6 is 0 Å². The predicted octanol–water partition coefficient (Wildman–Crippen LogP) is 1.96. The van der Waals surface area contributed by atoms with Gasteiger partial charge in [0, 0.05) is 5.56 Å². The molecule has 2 aromatic carbocycles. The number of hydrogen-bond donors (Lipinski definition) is 1. The molecule has 2 aromatic rings. The minimum absolute atomic E-state index is 0.134. The molecule has 2 rings (SSSR count). The molecule has 6 heteroatoms. The molecule has 0 spiro atoms. The molecule has 0 fully saturated rings. The molecule has 3 N–H and O–H groups in total. The van der Waals surface area contributed by atoms with Gasteiger partial charge in [-0.3, -0.25) is 0 Å². The van der Waals surface area contributed by atoms with Gasteiger partial charge in [0.2, 0.25) is 0 Å². The Labute approximate surface area is 111 Å². The number of halogens is 1. The van der Waals surface area contributed by atoms with Crippen molar-refractivity contribution >= 4 is 15.7 Å². The van der Waals surface area contributed by atoms with Gasteiger partial charge in [0.05, 0.1) is 4.90 Å². The van der Waals surface area contributed by atoms with Crippen molar-refractivity contribution in [2.24, 2.45) is 0 Å². The Morgan fingerprint density at radius 1 is 1.05 bits per heavy atom. The summed E-state index contributed by atoms with van der Waals surface area (Å²) in [6, 6.07) is 11.5. The minimum atomic E-state index is -3.81. The molecule has 0 heterocycles. The first-order chi connectivity index (χ1) is 9.03. The Morgan fingerprint density at radius 3 is 2.32 bits per heavy atom. The van der Waals surface area contributed by atoms with E-state index in [9.17, 15) is 12.8 Å². The summed E-state index contributed by atoms with van der Waals surface area (Å²) in [5.74, 6) is -0.436. The van der Waals surface area contributed by atoms with Crippen molar-refractivity contribution in [1.29, 1.82) is 0 Å². The van der Waals surface area contributed by atoms with E-state index in [1.54, 1.807) is 18.2 Å². The first-order valence-corrected chi connectivity index (χ1v) is 7.07. The second-order valence-electron chi connectivity index (χ2n) is 3.90. The summed E-state index contributed by atoms with van der Waals surface area (Å²) in [5.41, 5.74) is 4.49. The number of nitrogens with zero attached hydrogens (tertiary/aromatic N) is 1. The molecular formula is C13H13FN2O2S. The fraction of sp³-hybridized carbons (Fsp3) is 0.0769. The molecule has 100 valence electrons. The van der Waals surface area contributed by atoms with Crippen LogP contribution in [0.5, 0.6) is 0 Å². The third-order valence-corrected chi connectivity index (χ3v) is 3.98. The Kier molecular flexibility index (Phi) is 3.82. The number of sulfonamides is 1. The van der Waals surface area contributed by atoms with Crippen LogP contribution in [-0.4, -0.2) is 8.42 Å². The zero-order valence-corrected chi connectivity index (χ0v) is 10.9. The average Bonchev–Trinajstić information content (AvgIpc) is 2.41. The maximum Gasteiger partial charge on any atom is 0.123 e. The molecule has 0 amide bonds. The van der Waals surface area contributed by atoms with Crippen molar-refractivity contribution in [2.45, 2.75) is 11.4 Å². The van der Waals surface area contributed by atoms with E-state index >= 15 is 0 Å². The number of benzene rings is 2. The van der Waals surface area contributed by atoms with Gasteiger partial charge in [-0.25, -0.2) is 12.8 Å². The van der Waals surface area contributed by atoms with Gasteiger partial charge in [0.1, 0.15) is 22.4 Å². The molecule has 0 bridgehead atoms. The highest BCUT2D eigenvalue weighted by Crippen LogP contribution is 2.29. The van der Waals surface area contributed by atoms with Gasteiger partial charge in [0.25, 0.3) is 0 Å². The topological polar surface area (TPSA) is 75.9 Å². The standard InChI is InChI=1S/C13H12FN2O2S/c14-11-5-7-12(8-6-11)16-19(17,18)13-4-2-1-3-10(13)9-15/h1-8H,9,15H2/q-1/p+1. The van der Waals surface area contributed by atoms with Crippen LogP contribution in [0.15, 0.2) is 53.4 Å². The molecule has 0 aliphatic heterocycles. The summed E-state index contributed by atoms with van der Waals surface area (Å²) < 4.78 is 40.8. The fourth-order valence-corrected chi connectivity index (χ4v) is 2.90. The van der Waals surface area contributed by atoms with E-state index in [1.165, 1.54) is 30.3 Å². The maximum atomic E-state index is 12.8. The second-order valence-corrected chi connectivity index (χ2v) is 5.47. The third-order valence-electron chi connectivity index (χ3n) is 2.57. The van der Waals surface area contributed by atoms with Crippen molar-refractivity contribution in [2.75, 3.05) is 0 Å². The van der Waals surface area contributed by atoms with Crippen LogP contribution in [0.3, 0.4) is 0 Å². The van der Waals surface area contributed by atoms with Crippen LogP contribution in [0.4, 0.5) is 10.1 Å². The first kappa shape index (κ1) is 13.5. The predicted molar refractivity (Wildman–Crippen MR) is 69.6 cm³/mol. The van der Waals surface area contributed by atoms with Gasteiger partial charge >= 0.3 is 0 Å². The summed E-state index contributed by atoms with van der Waals surface area (Å²) in [4.78, 5) is 0.134. The highest BCUT2D eigenvalue weighted by molar-refractivity contribution is 7.94. The fourth-order valence-electron chi connectivity index (χ4n) is 1.65. The quantitative estimate of drug-likeness (QED) is 0.929. The Balaban J connectivity index is 2.35. The Bertz CT molecular complexity index is 669. The van der Waals surface area contributed by atoms with Gasteiger partial charge in [-0.2, -0.15) is 0 Å². The van der Waals surface area contributed by atoms with E-state index in [-0.39, 0.29) is 10.6 Å². The number of quaternary nitrogens is 1. The summed E-state index contributed by atoms with van der Waals surface area (Å²) in [7, 11) is -3.81. The summed E-state index contributed by atoms with van der Waals surface area (Å²) in [5, 5.41) is 0. The number of hydrogen-bond acceptors (Lipinski definition) is 2. The molecule has 0 atom stereocenters. The molecule has 0 saturated carbocycles. The lowest BCUT2D eigenvalue weighted by atomic mass is 10.2. The smallest absolute Gasteiger partial charge is 0.123 e. The third kappa shape index (κ3) is 3.10. The van der Waals surface area contributed by atoms with Crippen LogP contribution in [0.2, 0.25) is 0 Å². The normalized spacial score (nSPS) is 11.3. The van der Waals surface area contributed by atoms with Gasteiger partial charge < -0.3 is 10.5 Å². The molecule has 0 aliphatic rings. The van der Waals surface area contributed by atoms with Gasteiger partial charge in [0.15, 0.2) is 0 Å². The van der Waals surface area contributed by atoms with Gasteiger partial charge in [-0.15, -0.1) is 5.69 Å². The minimum Gasteiger partial charge on any atom is -0.573 e. The summed E-state index contributed by atoms with van der Waals surface area (Å²) in [6.07, 6.45) is 0. The van der Waals surface area contributed by atoms with Crippen LogP contribution in [0, 0.1) is 5.82 Å². The van der Waals surface area contributed by atoms with Crippen LogP contribution in [0.1, 0.15) is 5.56 Å². The molecule has 0 aromatic heterocycles. The van der Waals surface area contributed by atoms with Crippen LogP contribution < -0.4 is 5.73 Å². The van der Waals surface area contributed by atoms with Crippen molar-refractivity contribution in [3.8, 4) is 0 Å². The lowest BCUT2D eigenvalue weighted by Gasteiger charge is -2.22. The Hall–Kier alpha value is -1.92. The van der Waals surface area contributed by atoms with Crippen molar-refractivity contribution in [3.63, 3.8) is 0 Å². The lowest BCUT2D eigenvalue weighted by molar-refractivity contribution is -0.387. The number of rotatable bonds is 4. The maximum absolute atomic E-state index is 12.8. The molecular weight excluding hydrogens is 267 g/mol. The van der Waals surface area contributed by atoms with E-state index < -0.39 is 15.8 Å². The van der Waals surface area contributed by atoms with E-state index in [0.717, 1.165) is 0 Å². The highest BCUT2D eigenvalue weighted by atomic mass is 32.2. The zero-order valence-electron chi connectivity index (χ0n) is 10.1. The van der Waals surface area contributed by atoms with E-state index in [4.69, 9.17) is 0 Å². The van der Waals surface area contributed by atoms with E-state index in [2.05, 4.69) is 10.5 Å². The largest absolute Gasteiger partial charge is 0.573 e. The van der Waals surface area contributed by atoms with Crippen LogP contribution in [-0.2, 0) is 16.6 Å². The zero-order chi connectivity index (χ0) is 13.9. The van der Waals surface area contributed by atoms with E-state index in [1.807, 2.05) is 0 Å². The molecule has 0 radical (unpaired) electrons. The highest BCUT2D eigenvalue weighted by Gasteiger charge is 2.10. The molecule has 0 unspecified atom stereocenters. The van der Waals surface area contributed by atoms with Gasteiger partial charge in [-0.1, -0.05) is 30.3 Å². The molecule has 4 nitrogen and oxygen atoms in total. The lowest BCUT2D eigenvalue weighted by Crippen LogP contribution is -2.47. The van der Waals surface area contributed by atoms with Gasteiger partial charge in [-0.05, 0) is 18.2 Å². The monoisotopic (exact) mass is 280 g/mol. The van der Waals surface area contributed by atoms with Crippen molar-refractivity contribution < 1.29 is 18.5 Å². The average molecular weight is 280 g/mol.